The molecule has 0 spiro atoms. The second-order valence-electron chi connectivity index (χ2n) is 10.7. The van der Waals surface area contributed by atoms with Crippen LogP contribution in [0.15, 0.2) is 30.6 Å². The Kier molecular flexibility index (Phi) is 5.81. The van der Waals surface area contributed by atoms with Gasteiger partial charge in [-0.25, -0.2) is 13.8 Å². The summed E-state index contributed by atoms with van der Waals surface area (Å²) in [6.45, 7) is 6.28. The molecule has 2 saturated heterocycles. The van der Waals surface area contributed by atoms with E-state index in [0.717, 1.165) is 49.0 Å². The number of halogens is 2. The van der Waals surface area contributed by atoms with Gasteiger partial charge in [-0.05, 0) is 51.7 Å². The zero-order valence-electron chi connectivity index (χ0n) is 21.3. The van der Waals surface area contributed by atoms with Crippen molar-refractivity contribution in [2.75, 3.05) is 29.4 Å². The van der Waals surface area contributed by atoms with E-state index in [1.807, 2.05) is 17.8 Å². The van der Waals surface area contributed by atoms with Crippen LogP contribution in [0, 0.1) is 11.6 Å². The highest BCUT2D eigenvalue weighted by molar-refractivity contribution is 7.22. The molecule has 1 aromatic carbocycles. The molecule has 1 saturated carbocycles. The third kappa shape index (κ3) is 4.31. The van der Waals surface area contributed by atoms with Crippen LogP contribution in [-0.2, 0) is 4.74 Å². The maximum Gasteiger partial charge on any atom is 0.228 e. The summed E-state index contributed by atoms with van der Waals surface area (Å²) < 4.78 is 37.9. The van der Waals surface area contributed by atoms with Gasteiger partial charge in [0, 0.05) is 42.5 Å². The van der Waals surface area contributed by atoms with Crippen LogP contribution in [0.5, 0.6) is 0 Å². The van der Waals surface area contributed by atoms with Crippen molar-refractivity contribution >= 4 is 32.8 Å². The molecule has 0 bridgehead atoms. The molecule has 3 fully saturated rings. The number of anilines is 2. The van der Waals surface area contributed by atoms with Crippen LogP contribution >= 0.6 is 11.3 Å². The number of rotatable bonds is 5. The average molecular weight is 538 g/mol. The number of aromatic nitrogens is 5. The molecule has 0 amide bonds. The summed E-state index contributed by atoms with van der Waals surface area (Å²) >= 11 is 1.47. The molecule has 2 aliphatic heterocycles. The van der Waals surface area contributed by atoms with Gasteiger partial charge in [0.25, 0.3) is 0 Å². The topological polar surface area (TPSA) is 72.2 Å². The lowest BCUT2D eigenvalue weighted by molar-refractivity contribution is -0.0178. The highest BCUT2D eigenvalue weighted by Crippen LogP contribution is 2.40. The van der Waals surface area contributed by atoms with Gasteiger partial charge in [0.2, 0.25) is 5.95 Å². The Labute approximate surface area is 223 Å². The van der Waals surface area contributed by atoms with Crippen molar-refractivity contribution in [2.45, 2.75) is 63.8 Å². The number of hydrogen-bond donors (Lipinski definition) is 0. The van der Waals surface area contributed by atoms with E-state index in [-0.39, 0.29) is 17.8 Å². The number of benzene rings is 1. The number of thiazole rings is 1. The fraction of sp³-hybridized carbons (Fsp3) is 0.481. The Morgan fingerprint density at radius 2 is 1.92 bits per heavy atom. The van der Waals surface area contributed by atoms with Gasteiger partial charge in [-0.15, -0.1) is 0 Å². The molecule has 0 N–H and O–H groups in total. The van der Waals surface area contributed by atoms with Crippen LogP contribution in [0.25, 0.3) is 21.6 Å². The van der Waals surface area contributed by atoms with Crippen LogP contribution in [0.2, 0.25) is 0 Å². The van der Waals surface area contributed by atoms with E-state index < -0.39 is 11.6 Å². The third-order valence-electron chi connectivity index (χ3n) is 7.67. The lowest BCUT2D eigenvalue weighted by Gasteiger charge is -2.36. The number of nitrogens with zero attached hydrogens (tertiary/aromatic N) is 7. The van der Waals surface area contributed by atoms with Gasteiger partial charge >= 0.3 is 0 Å². The van der Waals surface area contributed by atoms with E-state index in [1.165, 1.54) is 23.5 Å². The average Bonchev–Trinajstić information content (AvgIpc) is 3.26. The molecule has 198 valence electrons. The summed E-state index contributed by atoms with van der Waals surface area (Å²) in [4.78, 5) is 19.0. The van der Waals surface area contributed by atoms with E-state index >= 15 is 4.39 Å². The minimum atomic E-state index is -0.652. The van der Waals surface area contributed by atoms with Gasteiger partial charge in [-0.3, -0.25) is 4.68 Å². The first-order valence-corrected chi connectivity index (χ1v) is 14.1. The van der Waals surface area contributed by atoms with Crippen molar-refractivity contribution in [1.82, 2.24) is 24.7 Å². The first-order chi connectivity index (χ1) is 18.4. The number of morpholine rings is 1. The van der Waals surface area contributed by atoms with E-state index in [1.54, 1.807) is 0 Å². The summed E-state index contributed by atoms with van der Waals surface area (Å²) in [6, 6.07) is 4.49. The first kappa shape index (κ1) is 23.9. The molecule has 8 nitrogen and oxygen atoms in total. The first-order valence-electron chi connectivity index (χ1n) is 13.3. The maximum absolute atomic E-state index is 15.1. The second kappa shape index (κ2) is 9.23. The molecule has 0 radical (unpaired) electrons. The van der Waals surface area contributed by atoms with Crippen molar-refractivity contribution < 1.29 is 13.5 Å². The predicted molar refractivity (Wildman–Crippen MR) is 143 cm³/mol. The van der Waals surface area contributed by atoms with Gasteiger partial charge in [0.15, 0.2) is 10.8 Å². The fourth-order valence-corrected chi connectivity index (χ4v) is 6.64. The lowest BCUT2D eigenvalue weighted by Crippen LogP contribution is -2.43. The summed E-state index contributed by atoms with van der Waals surface area (Å²) in [5.41, 5.74) is 2.24. The lowest BCUT2D eigenvalue weighted by atomic mass is 10.1. The third-order valence-corrected chi connectivity index (χ3v) is 8.76. The number of ether oxygens (including phenoxy) is 1. The Morgan fingerprint density at radius 3 is 2.68 bits per heavy atom. The molecule has 3 aliphatic rings. The summed E-state index contributed by atoms with van der Waals surface area (Å²) in [6.07, 6.45) is 8.25. The zero-order valence-corrected chi connectivity index (χ0v) is 22.2. The number of fused-ring (bicyclic) bond motifs is 1. The van der Waals surface area contributed by atoms with Gasteiger partial charge in [0.05, 0.1) is 30.6 Å². The Balaban J connectivity index is 1.30. The second-order valence-corrected chi connectivity index (χ2v) is 11.6. The molecule has 0 unspecified atom stereocenters. The Hall–Kier alpha value is -3.18. The van der Waals surface area contributed by atoms with Gasteiger partial charge in [-0.1, -0.05) is 11.3 Å². The Morgan fingerprint density at radius 1 is 1.05 bits per heavy atom. The highest BCUT2D eigenvalue weighted by Gasteiger charge is 2.32. The normalized spacial score (nSPS) is 24.1. The van der Waals surface area contributed by atoms with Crippen molar-refractivity contribution in [3.8, 4) is 11.3 Å². The van der Waals surface area contributed by atoms with Gasteiger partial charge < -0.3 is 14.5 Å². The largest absolute Gasteiger partial charge is 0.367 e. The van der Waals surface area contributed by atoms with Crippen LogP contribution < -0.4 is 9.80 Å². The minimum absolute atomic E-state index is 0.0697. The predicted octanol–water partition coefficient (Wildman–Crippen LogP) is 5.52. The van der Waals surface area contributed by atoms with Crippen LogP contribution in [0.3, 0.4) is 0 Å². The molecule has 38 heavy (non-hydrogen) atoms. The summed E-state index contributed by atoms with van der Waals surface area (Å²) in [5.74, 6) is -0.803. The molecular formula is C27H29F2N7OS. The van der Waals surface area contributed by atoms with E-state index in [2.05, 4.69) is 28.0 Å². The monoisotopic (exact) mass is 537 g/mol. The number of hydrogen-bond acceptors (Lipinski definition) is 8. The molecule has 1 aliphatic carbocycles. The van der Waals surface area contributed by atoms with Crippen LogP contribution in [0.1, 0.15) is 57.2 Å². The van der Waals surface area contributed by atoms with Crippen molar-refractivity contribution in [3.05, 3.63) is 47.8 Å². The van der Waals surface area contributed by atoms with Crippen molar-refractivity contribution in [1.29, 1.82) is 0 Å². The van der Waals surface area contributed by atoms with Crippen molar-refractivity contribution in [2.24, 2.45) is 0 Å². The molecule has 11 heteroatoms. The maximum atomic E-state index is 15.1. The Bertz CT molecular complexity index is 1500. The summed E-state index contributed by atoms with van der Waals surface area (Å²) in [5, 5.41) is 5.40. The minimum Gasteiger partial charge on any atom is -0.367 e. The van der Waals surface area contributed by atoms with Crippen LogP contribution in [0.4, 0.5) is 19.9 Å². The van der Waals surface area contributed by atoms with Gasteiger partial charge in [-0.2, -0.15) is 15.1 Å². The van der Waals surface area contributed by atoms with Crippen molar-refractivity contribution in [3.63, 3.8) is 0 Å². The van der Waals surface area contributed by atoms with Gasteiger partial charge in [0.1, 0.15) is 22.4 Å². The highest BCUT2D eigenvalue weighted by atomic mass is 32.1. The quantitative estimate of drug-likeness (QED) is 0.332. The molecule has 3 atom stereocenters. The van der Waals surface area contributed by atoms with E-state index in [9.17, 15) is 4.39 Å². The van der Waals surface area contributed by atoms with E-state index in [0.29, 0.717) is 47.2 Å². The molecule has 3 aromatic heterocycles. The molecule has 7 rings (SSSR count). The summed E-state index contributed by atoms with van der Waals surface area (Å²) in [7, 11) is 0. The molecular weight excluding hydrogens is 508 g/mol. The molecule has 5 heterocycles. The fourth-order valence-electron chi connectivity index (χ4n) is 5.50. The van der Waals surface area contributed by atoms with Crippen LogP contribution in [-0.4, -0.2) is 56.5 Å². The SMILES string of the molecule is C[C@@H]1CN(c2nc(-c3ccc(F)cc3F)c3sc(N4CCC[C@H]4C)nc3n2)C[C@H](c2cnn(C3CC3)c2)O1. The zero-order chi connectivity index (χ0) is 26.0. The van der Waals surface area contributed by atoms with E-state index in [4.69, 9.17) is 19.7 Å². The smallest absolute Gasteiger partial charge is 0.228 e. The standard InChI is InChI=1S/C27H29F2N7OS/c1-15-4-3-9-35(15)27-33-25-24(38-27)23(20-8-5-18(28)10-21(20)29)31-26(32-25)34-12-16(2)37-22(14-34)17-11-30-36(13-17)19-6-7-19/h5,8,10-11,13,15-16,19,22H,3-4,6-7,9,12,14H2,1-2H3/t15-,16-,22-/m1/s1. The molecule has 4 aromatic rings.